The van der Waals surface area contributed by atoms with Gasteiger partial charge in [-0.3, -0.25) is 14.4 Å². The molecule has 0 N–H and O–H groups in total. The van der Waals surface area contributed by atoms with Crippen LogP contribution in [-0.2, 0) is 9.53 Å². The summed E-state index contributed by atoms with van der Waals surface area (Å²) in [6, 6.07) is 7.91. The Kier molecular flexibility index (Phi) is 6.57. The molecule has 1 aliphatic heterocycles. The number of rotatable bonds is 6. The number of hydrogen-bond donors (Lipinski definition) is 0. The third kappa shape index (κ3) is 4.39. The SMILES string of the molecule is Cc1cc(C)c(C(=O)P(CC2CCOC2=O)C(=O)c2c(C)cc(C)cc2C)c(C)c1. The van der Waals surface area contributed by atoms with Gasteiger partial charge in [-0.15, -0.1) is 0 Å². The predicted octanol–water partition coefficient (Wildman–Crippen LogP) is 5.56. The van der Waals surface area contributed by atoms with Crippen LogP contribution in [0.1, 0.15) is 60.5 Å². The highest BCUT2D eigenvalue weighted by Crippen LogP contribution is 2.48. The van der Waals surface area contributed by atoms with Gasteiger partial charge in [-0.05, 0) is 76.4 Å². The lowest BCUT2D eigenvalue weighted by Gasteiger charge is -2.22. The van der Waals surface area contributed by atoms with Gasteiger partial charge in [-0.2, -0.15) is 0 Å². The summed E-state index contributed by atoms with van der Waals surface area (Å²) in [4.78, 5) is 39.7. The van der Waals surface area contributed by atoms with E-state index in [4.69, 9.17) is 4.74 Å². The average molecular weight is 424 g/mol. The van der Waals surface area contributed by atoms with Crippen LogP contribution in [0.4, 0.5) is 0 Å². The van der Waals surface area contributed by atoms with E-state index in [0.29, 0.717) is 24.2 Å². The number of aryl methyl sites for hydroxylation is 6. The van der Waals surface area contributed by atoms with Crippen molar-refractivity contribution in [2.75, 3.05) is 12.8 Å². The lowest BCUT2D eigenvalue weighted by molar-refractivity contribution is -0.140. The molecule has 0 spiro atoms. The van der Waals surface area contributed by atoms with Crippen LogP contribution in [0.2, 0.25) is 0 Å². The molecule has 1 unspecified atom stereocenters. The van der Waals surface area contributed by atoms with Gasteiger partial charge < -0.3 is 4.74 Å². The van der Waals surface area contributed by atoms with E-state index in [9.17, 15) is 14.4 Å². The molecule has 30 heavy (non-hydrogen) atoms. The third-order valence-electron chi connectivity index (χ3n) is 5.72. The Morgan fingerprint density at radius 1 is 0.833 bits per heavy atom. The maximum atomic E-state index is 13.8. The van der Waals surface area contributed by atoms with Crippen LogP contribution in [0.25, 0.3) is 0 Å². The molecular formula is C25H29O4P. The van der Waals surface area contributed by atoms with E-state index in [2.05, 4.69) is 0 Å². The van der Waals surface area contributed by atoms with Crippen molar-refractivity contribution in [2.45, 2.75) is 48.0 Å². The molecule has 1 atom stereocenters. The van der Waals surface area contributed by atoms with Crippen LogP contribution in [0.5, 0.6) is 0 Å². The molecule has 3 rings (SSSR count). The van der Waals surface area contributed by atoms with Crippen LogP contribution in [0, 0.1) is 47.5 Å². The predicted molar refractivity (Wildman–Crippen MR) is 121 cm³/mol. The zero-order valence-electron chi connectivity index (χ0n) is 18.6. The first-order valence-electron chi connectivity index (χ1n) is 10.3. The van der Waals surface area contributed by atoms with Gasteiger partial charge in [0, 0.05) is 19.0 Å². The molecule has 0 aromatic heterocycles. The molecule has 0 aliphatic carbocycles. The van der Waals surface area contributed by atoms with E-state index in [1.807, 2.05) is 65.8 Å². The molecule has 1 aliphatic rings. The van der Waals surface area contributed by atoms with Gasteiger partial charge in [0.15, 0.2) is 11.0 Å². The van der Waals surface area contributed by atoms with Crippen LogP contribution in [0.3, 0.4) is 0 Å². The Hall–Kier alpha value is -2.32. The van der Waals surface area contributed by atoms with E-state index < -0.39 is 7.92 Å². The fourth-order valence-electron chi connectivity index (χ4n) is 4.49. The van der Waals surface area contributed by atoms with Gasteiger partial charge >= 0.3 is 5.97 Å². The molecule has 158 valence electrons. The highest BCUT2D eigenvalue weighted by atomic mass is 31.1. The zero-order valence-corrected chi connectivity index (χ0v) is 19.5. The number of cyclic esters (lactones) is 1. The Morgan fingerprint density at radius 2 is 1.23 bits per heavy atom. The molecule has 1 fully saturated rings. The summed E-state index contributed by atoms with van der Waals surface area (Å²) in [5.74, 6) is -0.682. The zero-order chi connectivity index (χ0) is 22.2. The number of benzene rings is 2. The van der Waals surface area contributed by atoms with Crippen LogP contribution >= 0.6 is 7.92 Å². The van der Waals surface area contributed by atoms with Crippen molar-refractivity contribution in [3.63, 3.8) is 0 Å². The summed E-state index contributed by atoms with van der Waals surface area (Å²) in [6.45, 7) is 12.0. The summed E-state index contributed by atoms with van der Waals surface area (Å²) < 4.78 is 5.11. The van der Waals surface area contributed by atoms with Gasteiger partial charge in [0.2, 0.25) is 0 Å². The Morgan fingerprint density at radius 3 is 1.57 bits per heavy atom. The van der Waals surface area contributed by atoms with Crippen molar-refractivity contribution in [3.8, 4) is 0 Å². The standard InChI is InChI=1S/C25H29O4P/c1-14-9-16(3)21(17(4)10-14)24(27)30(13-20-7-8-29-23(20)26)25(28)22-18(5)11-15(2)12-19(22)6/h9-12,20H,7-8,13H2,1-6H3. The van der Waals surface area contributed by atoms with Crippen molar-refractivity contribution >= 4 is 24.9 Å². The summed E-state index contributed by atoms with van der Waals surface area (Å²) in [7, 11) is -1.74. The number of carbonyl (C=O) groups excluding carboxylic acids is 3. The van der Waals surface area contributed by atoms with E-state index in [1.165, 1.54) is 0 Å². The summed E-state index contributed by atoms with van der Waals surface area (Å²) in [6.07, 6.45) is 0.821. The monoisotopic (exact) mass is 424 g/mol. The first-order valence-corrected chi connectivity index (χ1v) is 11.8. The number of carbonyl (C=O) groups is 3. The van der Waals surface area contributed by atoms with Crippen molar-refractivity contribution in [2.24, 2.45) is 5.92 Å². The normalized spacial score (nSPS) is 16.1. The molecule has 2 aromatic rings. The molecule has 5 heteroatoms. The molecule has 1 saturated heterocycles. The summed E-state index contributed by atoms with van der Waals surface area (Å²) >= 11 is 0. The minimum atomic E-state index is -1.74. The first-order chi connectivity index (χ1) is 14.1. The minimum absolute atomic E-state index is 0.135. The molecule has 2 aromatic carbocycles. The van der Waals surface area contributed by atoms with Gasteiger partial charge in [0.1, 0.15) is 0 Å². The summed E-state index contributed by atoms with van der Waals surface area (Å²) in [5.41, 5.74) is 6.65. The van der Waals surface area contributed by atoms with Crippen molar-refractivity contribution in [1.82, 2.24) is 0 Å². The highest BCUT2D eigenvalue weighted by molar-refractivity contribution is 7.90. The summed E-state index contributed by atoms with van der Waals surface area (Å²) in [5, 5.41) is 0. The smallest absolute Gasteiger partial charge is 0.309 e. The molecule has 1 heterocycles. The number of ether oxygens (including phenoxy) is 1. The number of esters is 1. The topological polar surface area (TPSA) is 60.4 Å². The molecule has 0 saturated carbocycles. The van der Waals surface area contributed by atoms with Gasteiger partial charge in [-0.25, -0.2) is 0 Å². The van der Waals surface area contributed by atoms with E-state index in [0.717, 1.165) is 33.4 Å². The lowest BCUT2D eigenvalue weighted by Crippen LogP contribution is -2.20. The van der Waals surface area contributed by atoms with Gasteiger partial charge in [0.05, 0.1) is 12.5 Å². The Bertz CT molecular complexity index is 922. The van der Waals surface area contributed by atoms with Gasteiger partial charge in [-0.1, -0.05) is 35.4 Å². The minimum Gasteiger partial charge on any atom is -0.465 e. The van der Waals surface area contributed by atoms with Crippen molar-refractivity contribution < 1.29 is 19.1 Å². The maximum Gasteiger partial charge on any atom is 0.309 e. The third-order valence-corrected chi connectivity index (χ3v) is 7.95. The lowest BCUT2D eigenvalue weighted by atomic mass is 10.0. The van der Waals surface area contributed by atoms with Crippen molar-refractivity contribution in [3.05, 3.63) is 68.8 Å². The molecule has 4 nitrogen and oxygen atoms in total. The molecule has 0 amide bonds. The van der Waals surface area contributed by atoms with Crippen molar-refractivity contribution in [1.29, 1.82) is 0 Å². The Balaban J connectivity index is 2.08. The average Bonchev–Trinajstić information content (AvgIpc) is 3.02. The van der Waals surface area contributed by atoms with E-state index in [1.54, 1.807) is 0 Å². The second-order valence-electron chi connectivity index (χ2n) is 8.42. The fraction of sp³-hybridized carbons (Fsp3) is 0.400. The quantitative estimate of drug-likeness (QED) is 0.450. The first kappa shape index (κ1) is 22.4. The molecule has 0 radical (unpaired) electrons. The number of hydrogen-bond acceptors (Lipinski definition) is 4. The van der Waals surface area contributed by atoms with Crippen LogP contribution < -0.4 is 0 Å². The molecule has 0 bridgehead atoms. The second kappa shape index (κ2) is 8.81. The van der Waals surface area contributed by atoms with Crippen LogP contribution in [0.15, 0.2) is 24.3 Å². The van der Waals surface area contributed by atoms with E-state index >= 15 is 0 Å². The highest BCUT2D eigenvalue weighted by Gasteiger charge is 2.38. The van der Waals surface area contributed by atoms with Crippen LogP contribution in [-0.4, -0.2) is 29.8 Å². The van der Waals surface area contributed by atoms with E-state index in [-0.39, 0.29) is 29.1 Å². The van der Waals surface area contributed by atoms with Gasteiger partial charge in [0.25, 0.3) is 0 Å². The maximum absolute atomic E-state index is 13.8. The largest absolute Gasteiger partial charge is 0.465 e. The second-order valence-corrected chi connectivity index (χ2v) is 10.5. The Labute approximate surface area is 179 Å². The molecular weight excluding hydrogens is 395 g/mol. The fourth-order valence-corrected chi connectivity index (χ4v) is 7.02.